The molecule has 1 aromatic rings. The third-order valence-corrected chi connectivity index (χ3v) is 3.04. The quantitative estimate of drug-likeness (QED) is 0.777. The van der Waals surface area contributed by atoms with Crippen LogP contribution in [0, 0.1) is 0 Å². The predicted molar refractivity (Wildman–Crippen MR) is 79.2 cm³/mol. The van der Waals surface area contributed by atoms with Crippen molar-refractivity contribution >= 4 is 33.6 Å². The minimum absolute atomic E-state index is 0.108. The molecule has 0 aromatic heterocycles. The fraction of sp³-hybridized carbons (Fsp3) is 0.385. The highest BCUT2D eigenvalue weighted by molar-refractivity contribution is 9.10. The lowest BCUT2D eigenvalue weighted by Gasteiger charge is -2.18. The average Bonchev–Trinajstić information content (AvgIpc) is 2.38. The molecule has 0 bridgehead atoms. The molecule has 0 heterocycles. The van der Waals surface area contributed by atoms with Crippen LogP contribution in [-0.2, 0) is 4.74 Å². The molecule has 0 unspecified atom stereocenters. The Kier molecular flexibility index (Phi) is 6.47. The van der Waals surface area contributed by atoms with Crippen LogP contribution < -0.4 is 5.32 Å². The van der Waals surface area contributed by atoms with Gasteiger partial charge in [-0.15, -0.1) is 0 Å². The SMILES string of the molecule is COCCCN(C)C(=O)Nc1cc(Br)cc(C(=O)O)c1. The lowest BCUT2D eigenvalue weighted by Crippen LogP contribution is -2.32. The van der Waals surface area contributed by atoms with Crippen LogP contribution >= 0.6 is 15.9 Å². The van der Waals surface area contributed by atoms with Crippen molar-refractivity contribution in [3.05, 3.63) is 28.2 Å². The number of carboxylic acids is 1. The second-order valence-electron chi connectivity index (χ2n) is 4.23. The van der Waals surface area contributed by atoms with E-state index in [1.165, 1.54) is 17.0 Å². The van der Waals surface area contributed by atoms with Gasteiger partial charge in [-0.2, -0.15) is 0 Å². The Hall–Kier alpha value is -1.60. The first-order valence-electron chi connectivity index (χ1n) is 5.99. The number of urea groups is 1. The molecule has 0 aliphatic carbocycles. The molecule has 0 radical (unpaired) electrons. The molecule has 0 aliphatic heterocycles. The minimum atomic E-state index is -1.05. The number of nitrogens with one attached hydrogen (secondary N) is 1. The zero-order chi connectivity index (χ0) is 15.1. The standard InChI is InChI=1S/C13H17BrN2O4/c1-16(4-3-5-20-2)13(19)15-11-7-9(12(17)18)6-10(14)8-11/h6-8H,3-5H2,1-2H3,(H,15,19)(H,17,18). The van der Waals surface area contributed by atoms with Gasteiger partial charge in [-0.3, -0.25) is 0 Å². The van der Waals surface area contributed by atoms with Gasteiger partial charge in [0.05, 0.1) is 5.56 Å². The summed E-state index contributed by atoms with van der Waals surface area (Å²) in [7, 11) is 3.27. The molecule has 110 valence electrons. The molecule has 0 aliphatic rings. The molecular weight excluding hydrogens is 328 g/mol. The molecule has 7 heteroatoms. The number of benzene rings is 1. The maximum atomic E-state index is 11.9. The van der Waals surface area contributed by atoms with Gasteiger partial charge in [-0.1, -0.05) is 15.9 Å². The average molecular weight is 345 g/mol. The van der Waals surface area contributed by atoms with Crippen LogP contribution in [0.5, 0.6) is 0 Å². The van der Waals surface area contributed by atoms with E-state index in [-0.39, 0.29) is 11.6 Å². The van der Waals surface area contributed by atoms with E-state index in [0.717, 1.165) is 6.42 Å². The molecule has 0 spiro atoms. The maximum Gasteiger partial charge on any atom is 0.335 e. The van der Waals surface area contributed by atoms with E-state index < -0.39 is 5.97 Å². The summed E-state index contributed by atoms with van der Waals surface area (Å²) < 4.78 is 5.51. The molecule has 20 heavy (non-hydrogen) atoms. The van der Waals surface area contributed by atoms with Gasteiger partial charge in [-0.25, -0.2) is 9.59 Å². The molecule has 0 saturated heterocycles. The Morgan fingerprint density at radius 1 is 1.40 bits per heavy atom. The second kappa shape index (κ2) is 7.86. The third-order valence-electron chi connectivity index (χ3n) is 2.58. The third kappa shape index (κ3) is 5.18. The van der Waals surface area contributed by atoms with Gasteiger partial charge >= 0.3 is 12.0 Å². The first kappa shape index (κ1) is 16.5. The van der Waals surface area contributed by atoms with Crippen molar-refractivity contribution in [3.8, 4) is 0 Å². The summed E-state index contributed by atoms with van der Waals surface area (Å²) in [5.74, 6) is -1.05. The molecule has 6 nitrogen and oxygen atoms in total. The van der Waals surface area contributed by atoms with Gasteiger partial charge in [0.15, 0.2) is 0 Å². The molecule has 2 amide bonds. The number of aromatic carboxylic acids is 1. The number of rotatable bonds is 6. The molecule has 1 rings (SSSR count). The number of nitrogens with zero attached hydrogens (tertiary/aromatic N) is 1. The second-order valence-corrected chi connectivity index (χ2v) is 5.15. The van der Waals surface area contributed by atoms with E-state index >= 15 is 0 Å². The van der Waals surface area contributed by atoms with Crippen molar-refractivity contribution in [1.82, 2.24) is 4.90 Å². The van der Waals surface area contributed by atoms with E-state index in [2.05, 4.69) is 21.2 Å². The van der Waals surface area contributed by atoms with Gasteiger partial charge in [-0.05, 0) is 24.6 Å². The number of methoxy groups -OCH3 is 1. The summed E-state index contributed by atoms with van der Waals surface area (Å²) >= 11 is 3.21. The zero-order valence-electron chi connectivity index (χ0n) is 11.4. The normalized spacial score (nSPS) is 10.2. The Balaban J connectivity index is 2.67. The van der Waals surface area contributed by atoms with Crippen LogP contribution in [0.4, 0.5) is 10.5 Å². The van der Waals surface area contributed by atoms with Gasteiger partial charge < -0.3 is 20.1 Å². The highest BCUT2D eigenvalue weighted by atomic mass is 79.9. The molecule has 0 atom stereocenters. The summed E-state index contributed by atoms with van der Waals surface area (Å²) in [6.45, 7) is 1.14. The first-order valence-corrected chi connectivity index (χ1v) is 6.78. The van der Waals surface area contributed by atoms with Crippen molar-refractivity contribution in [3.63, 3.8) is 0 Å². The summed E-state index contributed by atoms with van der Waals surface area (Å²) in [6.07, 6.45) is 0.735. The van der Waals surface area contributed by atoms with Gasteiger partial charge in [0, 0.05) is 37.5 Å². The van der Waals surface area contributed by atoms with Crippen molar-refractivity contribution < 1.29 is 19.4 Å². The van der Waals surface area contributed by atoms with E-state index in [1.54, 1.807) is 20.2 Å². The Morgan fingerprint density at radius 3 is 2.70 bits per heavy atom. The van der Waals surface area contributed by atoms with Crippen molar-refractivity contribution in [2.75, 3.05) is 32.6 Å². The summed E-state index contributed by atoms with van der Waals surface area (Å²) in [6, 6.07) is 4.23. The van der Waals surface area contributed by atoms with Crippen LogP contribution in [0.15, 0.2) is 22.7 Å². The topological polar surface area (TPSA) is 78.9 Å². The lowest BCUT2D eigenvalue weighted by molar-refractivity contribution is 0.0696. The van der Waals surface area contributed by atoms with E-state index in [0.29, 0.717) is 23.3 Å². The summed E-state index contributed by atoms with van der Waals surface area (Å²) in [5.41, 5.74) is 0.539. The molecule has 2 N–H and O–H groups in total. The van der Waals surface area contributed by atoms with Crippen molar-refractivity contribution in [2.45, 2.75) is 6.42 Å². The predicted octanol–water partition coefficient (Wildman–Crippen LogP) is 2.65. The van der Waals surface area contributed by atoms with E-state index in [9.17, 15) is 9.59 Å². The maximum absolute atomic E-state index is 11.9. The Morgan fingerprint density at radius 2 is 2.10 bits per heavy atom. The summed E-state index contributed by atoms with van der Waals surface area (Å²) in [4.78, 5) is 24.4. The fourth-order valence-corrected chi connectivity index (χ4v) is 2.05. The van der Waals surface area contributed by atoms with Gasteiger partial charge in [0.25, 0.3) is 0 Å². The monoisotopic (exact) mass is 344 g/mol. The number of hydrogen-bond acceptors (Lipinski definition) is 3. The van der Waals surface area contributed by atoms with Crippen LogP contribution in [0.25, 0.3) is 0 Å². The zero-order valence-corrected chi connectivity index (χ0v) is 12.9. The highest BCUT2D eigenvalue weighted by Crippen LogP contribution is 2.20. The van der Waals surface area contributed by atoms with Crippen molar-refractivity contribution in [2.24, 2.45) is 0 Å². The lowest BCUT2D eigenvalue weighted by atomic mass is 10.2. The van der Waals surface area contributed by atoms with Crippen LogP contribution in [0.3, 0.4) is 0 Å². The van der Waals surface area contributed by atoms with Gasteiger partial charge in [0.2, 0.25) is 0 Å². The van der Waals surface area contributed by atoms with Crippen LogP contribution in [0.2, 0.25) is 0 Å². The Bertz CT molecular complexity index is 493. The molecule has 1 aromatic carbocycles. The molecule has 0 fully saturated rings. The Labute approximate surface area is 125 Å². The number of carbonyl (C=O) groups is 2. The minimum Gasteiger partial charge on any atom is -0.478 e. The van der Waals surface area contributed by atoms with E-state index in [1.807, 2.05) is 0 Å². The number of ether oxygens (including phenoxy) is 1. The summed E-state index contributed by atoms with van der Waals surface area (Å²) in [5, 5.41) is 11.6. The van der Waals surface area contributed by atoms with Crippen molar-refractivity contribution in [1.29, 1.82) is 0 Å². The largest absolute Gasteiger partial charge is 0.478 e. The first-order chi connectivity index (χ1) is 9.43. The number of halogens is 1. The number of amides is 2. The highest BCUT2D eigenvalue weighted by Gasteiger charge is 2.11. The van der Waals surface area contributed by atoms with Gasteiger partial charge in [0.1, 0.15) is 0 Å². The number of carbonyl (C=O) groups excluding carboxylic acids is 1. The number of anilines is 1. The number of carboxylic acid groups (broad SMARTS) is 1. The number of hydrogen-bond donors (Lipinski definition) is 2. The van der Waals surface area contributed by atoms with E-state index in [4.69, 9.17) is 9.84 Å². The van der Waals surface area contributed by atoms with Crippen LogP contribution in [0.1, 0.15) is 16.8 Å². The molecular formula is C13H17BrN2O4. The fourth-order valence-electron chi connectivity index (χ4n) is 1.55. The van der Waals surface area contributed by atoms with Crippen LogP contribution in [-0.4, -0.2) is 49.3 Å². The molecule has 0 saturated carbocycles. The smallest absolute Gasteiger partial charge is 0.335 e.